The van der Waals surface area contributed by atoms with Gasteiger partial charge in [-0.05, 0) is 25.7 Å². The molecule has 34 heavy (non-hydrogen) atoms. The van der Waals surface area contributed by atoms with Gasteiger partial charge < -0.3 is 18.9 Å². The van der Waals surface area contributed by atoms with Crippen molar-refractivity contribution in [1.82, 2.24) is 0 Å². The van der Waals surface area contributed by atoms with Gasteiger partial charge in [-0.3, -0.25) is 19.2 Å². The molecule has 2 saturated heterocycles. The van der Waals surface area contributed by atoms with Gasteiger partial charge in [-0.2, -0.15) is 0 Å². The third kappa shape index (κ3) is 9.63. The summed E-state index contributed by atoms with van der Waals surface area (Å²) in [6.45, 7) is 3.98. The molecule has 0 aromatic carbocycles. The second kappa shape index (κ2) is 15.7. The van der Waals surface area contributed by atoms with Gasteiger partial charge in [0.1, 0.15) is 25.4 Å². The Balaban J connectivity index is 1.59. The van der Waals surface area contributed by atoms with Gasteiger partial charge in [0.25, 0.3) is 0 Å². The highest BCUT2D eigenvalue weighted by molar-refractivity contribution is 5.97. The average Bonchev–Trinajstić information content (AvgIpc) is 3.38. The molecule has 0 spiro atoms. The average molecular weight is 483 g/mol. The minimum Gasteiger partial charge on any atom is -0.462 e. The third-order valence-corrected chi connectivity index (χ3v) is 6.53. The Morgan fingerprint density at radius 2 is 1.06 bits per heavy atom. The molecule has 2 fully saturated rings. The van der Waals surface area contributed by atoms with E-state index in [0.717, 1.165) is 38.5 Å². The van der Waals surface area contributed by atoms with Crippen LogP contribution in [0.15, 0.2) is 0 Å². The van der Waals surface area contributed by atoms with E-state index in [1.807, 2.05) is 0 Å². The summed E-state index contributed by atoms with van der Waals surface area (Å²) in [7, 11) is 0. The van der Waals surface area contributed by atoms with Crippen molar-refractivity contribution in [2.24, 2.45) is 11.8 Å². The lowest BCUT2D eigenvalue weighted by Crippen LogP contribution is -2.26. The molecule has 2 aliphatic heterocycles. The van der Waals surface area contributed by atoms with Crippen LogP contribution in [-0.2, 0) is 38.1 Å². The molecule has 8 heteroatoms. The molecule has 2 aliphatic rings. The van der Waals surface area contributed by atoms with Crippen molar-refractivity contribution in [2.75, 3.05) is 13.2 Å². The van der Waals surface area contributed by atoms with E-state index in [2.05, 4.69) is 13.8 Å². The van der Waals surface area contributed by atoms with Gasteiger partial charge >= 0.3 is 23.9 Å². The molecule has 0 saturated carbocycles. The first-order valence-electron chi connectivity index (χ1n) is 13.2. The number of hydrogen-bond donors (Lipinski definition) is 0. The topological polar surface area (TPSA) is 105 Å². The molecule has 0 N–H and O–H groups in total. The Hall–Kier alpha value is -2.12. The Kier molecular flexibility index (Phi) is 13.0. The lowest BCUT2D eigenvalue weighted by Gasteiger charge is -2.10. The summed E-state index contributed by atoms with van der Waals surface area (Å²) < 4.78 is 20.8. The molecule has 8 nitrogen and oxygen atoms in total. The number of carbonyl (C=O) groups is 4. The van der Waals surface area contributed by atoms with Crippen LogP contribution in [0.5, 0.6) is 0 Å². The minimum absolute atomic E-state index is 0.168. The van der Waals surface area contributed by atoms with Crippen LogP contribution in [-0.4, -0.2) is 49.3 Å². The van der Waals surface area contributed by atoms with Crippen molar-refractivity contribution in [2.45, 2.75) is 116 Å². The molecule has 0 aliphatic carbocycles. The molecule has 2 rings (SSSR count). The first kappa shape index (κ1) is 28.1. The van der Waals surface area contributed by atoms with Crippen LogP contribution in [0.25, 0.3) is 0 Å². The molecular formula is C26H42O8. The fourth-order valence-electron chi connectivity index (χ4n) is 4.48. The lowest BCUT2D eigenvalue weighted by atomic mass is 10.0. The van der Waals surface area contributed by atoms with Crippen LogP contribution in [0, 0.1) is 11.8 Å². The second-order valence-corrected chi connectivity index (χ2v) is 9.44. The van der Waals surface area contributed by atoms with Crippen LogP contribution >= 0.6 is 0 Å². The summed E-state index contributed by atoms with van der Waals surface area (Å²) in [6.07, 6.45) is 12.9. The van der Waals surface area contributed by atoms with E-state index < -0.39 is 35.7 Å². The van der Waals surface area contributed by atoms with Crippen LogP contribution in [0.2, 0.25) is 0 Å². The Morgan fingerprint density at radius 1 is 0.676 bits per heavy atom. The molecule has 194 valence electrons. The van der Waals surface area contributed by atoms with Crippen molar-refractivity contribution in [3.63, 3.8) is 0 Å². The van der Waals surface area contributed by atoms with E-state index in [4.69, 9.17) is 18.9 Å². The number of carbonyl (C=O) groups excluding carboxylic acids is 4. The zero-order chi connectivity index (χ0) is 24.8. The maximum atomic E-state index is 12.2. The number of ether oxygens (including phenoxy) is 4. The highest BCUT2D eigenvalue weighted by Gasteiger charge is 2.41. The van der Waals surface area contributed by atoms with Crippen LogP contribution < -0.4 is 0 Å². The van der Waals surface area contributed by atoms with Crippen LogP contribution in [0.4, 0.5) is 0 Å². The SMILES string of the molecule is CCCCCCCC1CC(C(=O)OCCOC(=O)C2CC(CCCCCCC)OC2=O)C(=O)O1. The molecule has 4 atom stereocenters. The Labute approximate surface area is 203 Å². The zero-order valence-electron chi connectivity index (χ0n) is 20.9. The molecule has 4 unspecified atom stereocenters. The number of esters is 4. The molecule has 2 heterocycles. The molecular weight excluding hydrogens is 440 g/mol. The third-order valence-electron chi connectivity index (χ3n) is 6.53. The first-order chi connectivity index (χ1) is 16.5. The van der Waals surface area contributed by atoms with E-state index in [9.17, 15) is 19.2 Å². The quantitative estimate of drug-likeness (QED) is 0.128. The zero-order valence-corrected chi connectivity index (χ0v) is 20.9. The highest BCUT2D eigenvalue weighted by atomic mass is 16.6. The van der Waals surface area contributed by atoms with Crippen molar-refractivity contribution in [1.29, 1.82) is 0 Å². The molecule has 0 aromatic rings. The van der Waals surface area contributed by atoms with Gasteiger partial charge in [0, 0.05) is 12.8 Å². The second-order valence-electron chi connectivity index (χ2n) is 9.44. The normalized spacial score (nSPS) is 24.1. The van der Waals surface area contributed by atoms with Gasteiger partial charge in [0.05, 0.1) is 0 Å². The Morgan fingerprint density at radius 3 is 1.44 bits per heavy atom. The predicted molar refractivity (Wildman–Crippen MR) is 125 cm³/mol. The van der Waals surface area contributed by atoms with E-state index in [0.29, 0.717) is 12.8 Å². The maximum absolute atomic E-state index is 12.2. The van der Waals surface area contributed by atoms with Crippen molar-refractivity contribution < 1.29 is 38.1 Å². The summed E-state index contributed by atoms with van der Waals surface area (Å²) in [6, 6.07) is 0. The van der Waals surface area contributed by atoms with Crippen LogP contribution in [0.1, 0.15) is 104 Å². The molecule has 0 radical (unpaired) electrons. The van der Waals surface area contributed by atoms with Gasteiger partial charge in [0.15, 0.2) is 11.8 Å². The van der Waals surface area contributed by atoms with E-state index >= 15 is 0 Å². The fourth-order valence-corrected chi connectivity index (χ4v) is 4.48. The number of cyclic esters (lactones) is 2. The summed E-state index contributed by atoms with van der Waals surface area (Å²) in [5.41, 5.74) is 0. The van der Waals surface area contributed by atoms with E-state index in [1.54, 1.807) is 0 Å². The van der Waals surface area contributed by atoms with Crippen molar-refractivity contribution in [3.05, 3.63) is 0 Å². The van der Waals surface area contributed by atoms with E-state index in [1.165, 1.54) is 38.5 Å². The fraction of sp³-hybridized carbons (Fsp3) is 0.846. The smallest absolute Gasteiger partial charge is 0.320 e. The summed E-state index contributed by atoms with van der Waals surface area (Å²) in [5.74, 6) is -4.24. The van der Waals surface area contributed by atoms with Gasteiger partial charge in [-0.25, -0.2) is 0 Å². The summed E-state index contributed by atoms with van der Waals surface area (Å²) >= 11 is 0. The van der Waals surface area contributed by atoms with Gasteiger partial charge in [-0.15, -0.1) is 0 Å². The predicted octanol–water partition coefficient (Wildman–Crippen LogP) is 4.66. The monoisotopic (exact) mass is 482 g/mol. The largest absolute Gasteiger partial charge is 0.462 e. The number of hydrogen-bond acceptors (Lipinski definition) is 8. The standard InChI is InChI=1S/C26H42O8/c1-3-5-7-9-11-13-19-17-21(25(29)33-19)23(27)31-15-16-32-24(28)22-18-20(34-26(22)30)14-12-10-8-6-4-2/h19-22H,3-18H2,1-2H3. The molecule has 0 amide bonds. The minimum atomic E-state index is -0.917. The van der Waals surface area contributed by atoms with Crippen molar-refractivity contribution in [3.8, 4) is 0 Å². The van der Waals surface area contributed by atoms with Crippen molar-refractivity contribution >= 4 is 23.9 Å². The number of unbranched alkanes of at least 4 members (excludes halogenated alkanes) is 8. The van der Waals surface area contributed by atoms with Crippen LogP contribution in [0.3, 0.4) is 0 Å². The molecule has 0 aromatic heterocycles. The Bertz CT molecular complexity index is 605. The maximum Gasteiger partial charge on any atom is 0.320 e. The highest BCUT2D eigenvalue weighted by Crippen LogP contribution is 2.27. The van der Waals surface area contributed by atoms with Gasteiger partial charge in [0.2, 0.25) is 0 Å². The first-order valence-corrected chi connectivity index (χ1v) is 13.2. The molecule has 0 bridgehead atoms. The summed E-state index contributed by atoms with van der Waals surface area (Å²) in [5, 5.41) is 0. The summed E-state index contributed by atoms with van der Waals surface area (Å²) in [4.78, 5) is 48.5. The van der Waals surface area contributed by atoms with Gasteiger partial charge in [-0.1, -0.05) is 65.2 Å². The van der Waals surface area contributed by atoms with E-state index in [-0.39, 0.29) is 25.4 Å². The lowest BCUT2D eigenvalue weighted by molar-refractivity contribution is -0.163. The number of rotatable bonds is 17.